The second kappa shape index (κ2) is 10.7. The van der Waals surface area contributed by atoms with Crippen LogP contribution in [0.4, 0.5) is 5.69 Å². The first kappa shape index (κ1) is 23.1. The summed E-state index contributed by atoms with van der Waals surface area (Å²) in [7, 11) is 3.73. The Labute approximate surface area is 196 Å². The van der Waals surface area contributed by atoms with E-state index in [9.17, 15) is 9.59 Å². The third-order valence-electron chi connectivity index (χ3n) is 6.72. The zero-order valence-electron chi connectivity index (χ0n) is 19.6. The van der Waals surface area contributed by atoms with Crippen LogP contribution in [0.25, 0.3) is 0 Å². The third-order valence-corrected chi connectivity index (χ3v) is 6.72. The van der Waals surface area contributed by atoms with Gasteiger partial charge in [-0.15, -0.1) is 0 Å². The molecule has 0 spiro atoms. The number of hydrogen-bond acceptors (Lipinski definition) is 5. The minimum Gasteiger partial charge on any atom is -0.497 e. The minimum atomic E-state index is -0.612. The summed E-state index contributed by atoms with van der Waals surface area (Å²) < 4.78 is 5.15. The maximum absolute atomic E-state index is 12.5. The highest BCUT2D eigenvalue weighted by atomic mass is 16.5. The van der Waals surface area contributed by atoms with Gasteiger partial charge in [-0.3, -0.25) is 14.5 Å². The van der Waals surface area contributed by atoms with Crippen molar-refractivity contribution in [3.8, 4) is 5.75 Å². The summed E-state index contributed by atoms with van der Waals surface area (Å²) >= 11 is 0. The number of ether oxygens (including phenoxy) is 1. The van der Waals surface area contributed by atoms with Crippen molar-refractivity contribution < 1.29 is 14.3 Å². The first-order valence-electron chi connectivity index (χ1n) is 11.8. The number of methoxy groups -OCH3 is 1. The third kappa shape index (κ3) is 5.66. The van der Waals surface area contributed by atoms with Crippen LogP contribution in [0.15, 0.2) is 42.5 Å². The molecule has 4 rings (SSSR count). The lowest BCUT2D eigenvalue weighted by atomic mass is 9.98. The summed E-state index contributed by atoms with van der Waals surface area (Å²) in [5.74, 6) is -0.449. The number of nitrogens with zero attached hydrogens (tertiary/aromatic N) is 2. The normalized spacial score (nSPS) is 16.7. The number of carbonyl (C=O) groups excluding carboxylic acids is 2. The molecule has 176 valence electrons. The van der Waals surface area contributed by atoms with Crippen LogP contribution in [0, 0.1) is 0 Å². The molecule has 2 N–H and O–H groups in total. The van der Waals surface area contributed by atoms with Crippen molar-refractivity contribution in [1.82, 2.24) is 15.5 Å². The summed E-state index contributed by atoms with van der Waals surface area (Å²) in [5, 5.41) is 5.59. The molecule has 7 heteroatoms. The molecule has 0 saturated carbocycles. The van der Waals surface area contributed by atoms with Crippen molar-refractivity contribution >= 4 is 17.5 Å². The maximum Gasteiger partial charge on any atom is 0.309 e. The van der Waals surface area contributed by atoms with E-state index in [-0.39, 0.29) is 6.04 Å². The van der Waals surface area contributed by atoms with Gasteiger partial charge in [-0.25, -0.2) is 0 Å². The molecular formula is C26H34N4O3. The van der Waals surface area contributed by atoms with E-state index in [0.29, 0.717) is 13.1 Å². The van der Waals surface area contributed by atoms with E-state index < -0.39 is 11.8 Å². The SMILES string of the molecule is COc1ccc(CNC(=O)C(=O)NC[C@@H](c2ccc3c(c2)CCN3C)N2CCCCC2)cc1. The molecule has 0 bridgehead atoms. The molecule has 0 aliphatic carbocycles. The van der Waals surface area contributed by atoms with E-state index in [2.05, 4.69) is 45.7 Å². The summed E-state index contributed by atoms with van der Waals surface area (Å²) in [4.78, 5) is 29.7. The molecule has 7 nitrogen and oxygen atoms in total. The standard InChI is InChI=1S/C26H34N4O3/c1-29-15-12-21-16-20(8-11-23(21)29)24(30-13-4-3-5-14-30)18-28-26(32)25(31)27-17-19-6-9-22(33-2)10-7-19/h6-11,16,24H,3-5,12-15,17-18H2,1-2H3,(H,27,31)(H,28,32)/t24-/m0/s1. The summed E-state index contributed by atoms with van der Waals surface area (Å²) in [5.41, 5.74) is 4.77. The van der Waals surface area contributed by atoms with Gasteiger partial charge in [0.15, 0.2) is 0 Å². The smallest absolute Gasteiger partial charge is 0.309 e. The Kier molecular flexibility index (Phi) is 7.50. The lowest BCUT2D eigenvalue weighted by molar-refractivity contribution is -0.139. The van der Waals surface area contributed by atoms with Crippen LogP contribution >= 0.6 is 0 Å². The van der Waals surface area contributed by atoms with Crippen molar-refractivity contribution in [1.29, 1.82) is 0 Å². The summed E-state index contributed by atoms with van der Waals surface area (Å²) in [6.07, 6.45) is 4.63. The van der Waals surface area contributed by atoms with Crippen molar-refractivity contribution in [2.75, 3.05) is 45.2 Å². The average molecular weight is 451 g/mol. The fourth-order valence-corrected chi connectivity index (χ4v) is 4.76. The van der Waals surface area contributed by atoms with Crippen molar-refractivity contribution in [3.05, 3.63) is 59.2 Å². The van der Waals surface area contributed by atoms with Crippen LogP contribution in [0.2, 0.25) is 0 Å². The van der Waals surface area contributed by atoms with E-state index in [0.717, 1.165) is 37.4 Å². The van der Waals surface area contributed by atoms with Crippen LogP contribution in [-0.2, 0) is 22.6 Å². The highest BCUT2D eigenvalue weighted by Crippen LogP contribution is 2.32. The number of rotatable bonds is 7. The fourth-order valence-electron chi connectivity index (χ4n) is 4.76. The van der Waals surface area contributed by atoms with Gasteiger partial charge in [-0.1, -0.05) is 30.7 Å². The first-order chi connectivity index (χ1) is 16.0. The van der Waals surface area contributed by atoms with Crippen LogP contribution in [0.5, 0.6) is 5.75 Å². The van der Waals surface area contributed by atoms with Crippen LogP contribution < -0.4 is 20.3 Å². The number of amides is 2. The van der Waals surface area contributed by atoms with Gasteiger partial charge in [-0.05, 0) is 67.2 Å². The summed E-state index contributed by atoms with van der Waals surface area (Å²) in [6.45, 7) is 3.79. The first-order valence-corrected chi connectivity index (χ1v) is 11.8. The molecule has 1 saturated heterocycles. The van der Waals surface area contributed by atoms with E-state index in [4.69, 9.17) is 4.74 Å². The van der Waals surface area contributed by atoms with Gasteiger partial charge in [0.2, 0.25) is 0 Å². The van der Waals surface area contributed by atoms with E-state index in [1.807, 2.05) is 24.3 Å². The molecule has 33 heavy (non-hydrogen) atoms. The van der Waals surface area contributed by atoms with Gasteiger partial charge < -0.3 is 20.3 Å². The van der Waals surface area contributed by atoms with Gasteiger partial charge >= 0.3 is 11.8 Å². The van der Waals surface area contributed by atoms with Gasteiger partial charge in [0.05, 0.1) is 13.2 Å². The van der Waals surface area contributed by atoms with Crippen molar-refractivity contribution in [2.45, 2.75) is 38.3 Å². The number of likely N-dealkylation sites (tertiary alicyclic amines) is 1. The molecule has 0 radical (unpaired) electrons. The van der Waals surface area contributed by atoms with Gasteiger partial charge in [0.25, 0.3) is 0 Å². The molecule has 0 unspecified atom stereocenters. The predicted molar refractivity (Wildman–Crippen MR) is 129 cm³/mol. The Morgan fingerprint density at radius 3 is 2.42 bits per heavy atom. The average Bonchev–Trinajstić information content (AvgIpc) is 3.23. The maximum atomic E-state index is 12.5. The molecule has 0 aromatic heterocycles. The molecule has 2 aromatic carbocycles. The number of likely N-dealkylation sites (N-methyl/N-ethyl adjacent to an activating group) is 1. The molecule has 2 aliphatic heterocycles. The topological polar surface area (TPSA) is 73.9 Å². The molecule has 2 aliphatic rings. The lowest BCUT2D eigenvalue weighted by Gasteiger charge is -2.35. The lowest BCUT2D eigenvalue weighted by Crippen LogP contribution is -2.45. The minimum absolute atomic E-state index is 0.0693. The molecule has 2 amide bonds. The molecular weight excluding hydrogens is 416 g/mol. The number of fused-ring (bicyclic) bond motifs is 1. The van der Waals surface area contributed by atoms with Gasteiger partial charge in [0.1, 0.15) is 5.75 Å². The fraction of sp³-hybridized carbons (Fsp3) is 0.462. The number of piperidine rings is 1. The Bertz CT molecular complexity index is 970. The number of benzene rings is 2. The number of anilines is 1. The second-order valence-electron chi connectivity index (χ2n) is 8.91. The highest BCUT2D eigenvalue weighted by Gasteiger charge is 2.26. The predicted octanol–water partition coefficient (Wildman–Crippen LogP) is 2.65. The van der Waals surface area contributed by atoms with Gasteiger partial charge in [0, 0.05) is 32.4 Å². The van der Waals surface area contributed by atoms with Gasteiger partial charge in [-0.2, -0.15) is 0 Å². The largest absolute Gasteiger partial charge is 0.497 e. The van der Waals surface area contributed by atoms with Crippen molar-refractivity contribution in [3.63, 3.8) is 0 Å². The molecule has 1 fully saturated rings. The number of nitrogens with one attached hydrogen (secondary N) is 2. The Balaban J connectivity index is 1.37. The number of carbonyl (C=O) groups is 2. The quantitative estimate of drug-likeness (QED) is 0.635. The Morgan fingerprint density at radius 1 is 0.970 bits per heavy atom. The number of hydrogen-bond donors (Lipinski definition) is 2. The van der Waals surface area contributed by atoms with Crippen LogP contribution in [0.3, 0.4) is 0 Å². The Morgan fingerprint density at radius 2 is 1.70 bits per heavy atom. The second-order valence-corrected chi connectivity index (χ2v) is 8.91. The zero-order chi connectivity index (χ0) is 23.2. The summed E-state index contributed by atoms with van der Waals surface area (Å²) in [6, 6.07) is 14.1. The van der Waals surface area contributed by atoms with E-state index in [1.54, 1.807) is 7.11 Å². The molecule has 1 atom stereocenters. The Hall–Kier alpha value is -3.06. The van der Waals surface area contributed by atoms with E-state index >= 15 is 0 Å². The highest BCUT2D eigenvalue weighted by molar-refractivity contribution is 6.35. The monoisotopic (exact) mass is 450 g/mol. The van der Waals surface area contributed by atoms with Crippen LogP contribution in [0.1, 0.15) is 42.0 Å². The van der Waals surface area contributed by atoms with Crippen LogP contribution in [-0.4, -0.2) is 57.1 Å². The van der Waals surface area contributed by atoms with Crippen molar-refractivity contribution in [2.24, 2.45) is 0 Å². The van der Waals surface area contributed by atoms with E-state index in [1.165, 1.54) is 36.1 Å². The zero-order valence-corrected chi connectivity index (χ0v) is 19.6. The molecule has 2 heterocycles. The molecule has 2 aromatic rings.